The Kier molecular flexibility index (Phi) is 5.96. The molecule has 1 nitrogen and oxygen atoms in total. The highest BCUT2D eigenvalue weighted by molar-refractivity contribution is 6.08. The van der Waals surface area contributed by atoms with Crippen molar-refractivity contribution in [3.8, 4) is 56.0 Å². The van der Waals surface area contributed by atoms with Crippen molar-refractivity contribution in [2.24, 2.45) is 0 Å². The van der Waals surface area contributed by atoms with Gasteiger partial charge in [-0.05, 0) is 112 Å². The van der Waals surface area contributed by atoms with Crippen molar-refractivity contribution in [3.05, 3.63) is 251 Å². The van der Waals surface area contributed by atoms with Crippen LogP contribution in [0.2, 0.25) is 0 Å². The van der Waals surface area contributed by atoms with Crippen LogP contribution in [0.15, 0.2) is 206 Å². The fraction of sp³-hybridized carbons (Fsp3) is 0.0345. The summed E-state index contributed by atoms with van der Waals surface area (Å²) < 4.78 is 7.11. The van der Waals surface area contributed by atoms with Crippen molar-refractivity contribution in [1.82, 2.24) is 0 Å². The van der Waals surface area contributed by atoms with Crippen molar-refractivity contribution in [1.29, 1.82) is 0 Å². The van der Waals surface area contributed by atoms with Gasteiger partial charge in [0.2, 0.25) is 0 Å². The minimum atomic E-state index is -0.563. The number of rotatable bonds is 1. The van der Waals surface area contributed by atoms with Crippen molar-refractivity contribution in [3.63, 3.8) is 0 Å². The highest BCUT2D eigenvalue weighted by atomic mass is 16.5. The van der Waals surface area contributed by atoms with Gasteiger partial charge in [0.15, 0.2) is 0 Å². The second-order valence-corrected chi connectivity index (χ2v) is 16.6. The summed E-state index contributed by atoms with van der Waals surface area (Å²) in [5.74, 6) is 1.84. The second kappa shape index (κ2) is 11.1. The van der Waals surface area contributed by atoms with Crippen LogP contribution in [-0.2, 0) is 10.8 Å². The van der Waals surface area contributed by atoms with Crippen molar-refractivity contribution >= 4 is 21.5 Å². The molecule has 0 fully saturated rings. The van der Waals surface area contributed by atoms with Crippen molar-refractivity contribution in [2.75, 3.05) is 0 Å². The number of ether oxygens (including phenoxy) is 1. The van der Waals surface area contributed by atoms with Crippen LogP contribution in [-0.4, -0.2) is 0 Å². The van der Waals surface area contributed by atoms with Crippen molar-refractivity contribution in [2.45, 2.75) is 10.8 Å². The summed E-state index contributed by atoms with van der Waals surface area (Å²) in [5.41, 5.74) is 19.6. The maximum atomic E-state index is 7.11. The molecule has 0 amide bonds. The molecule has 0 bridgehead atoms. The van der Waals surface area contributed by atoms with Crippen LogP contribution < -0.4 is 4.74 Å². The summed E-state index contributed by atoms with van der Waals surface area (Å²) in [4.78, 5) is 0. The first-order valence-corrected chi connectivity index (χ1v) is 20.7. The molecule has 59 heavy (non-hydrogen) atoms. The minimum absolute atomic E-state index is 0.464. The lowest BCUT2D eigenvalue weighted by Crippen LogP contribution is -2.32. The molecule has 272 valence electrons. The topological polar surface area (TPSA) is 9.23 Å². The van der Waals surface area contributed by atoms with Gasteiger partial charge in [-0.2, -0.15) is 0 Å². The Morgan fingerprint density at radius 2 is 0.797 bits per heavy atom. The molecule has 14 rings (SSSR count). The van der Waals surface area contributed by atoms with E-state index in [1.165, 1.54) is 105 Å². The van der Waals surface area contributed by atoms with Crippen LogP contribution in [0, 0.1) is 0 Å². The van der Waals surface area contributed by atoms with E-state index in [-0.39, 0.29) is 0 Å². The first-order valence-electron chi connectivity index (χ1n) is 20.7. The Morgan fingerprint density at radius 1 is 0.288 bits per heavy atom. The molecule has 0 atom stereocenters. The number of para-hydroxylation sites is 1. The Morgan fingerprint density at radius 3 is 1.44 bits per heavy atom. The van der Waals surface area contributed by atoms with Crippen LogP contribution in [0.3, 0.4) is 0 Å². The molecule has 10 aromatic rings. The Balaban J connectivity index is 1.11. The van der Waals surface area contributed by atoms with Gasteiger partial charge in [0.1, 0.15) is 11.5 Å². The quantitative estimate of drug-likeness (QED) is 0.163. The Labute approximate surface area is 342 Å². The molecule has 0 aromatic heterocycles. The van der Waals surface area contributed by atoms with Gasteiger partial charge in [0.05, 0.1) is 10.8 Å². The van der Waals surface area contributed by atoms with E-state index in [4.69, 9.17) is 4.74 Å². The van der Waals surface area contributed by atoms with E-state index in [2.05, 4.69) is 206 Å². The first kappa shape index (κ1) is 31.6. The summed E-state index contributed by atoms with van der Waals surface area (Å²) in [6.07, 6.45) is 0. The third-order valence-corrected chi connectivity index (χ3v) is 14.1. The number of hydrogen-bond acceptors (Lipinski definition) is 1. The fourth-order valence-corrected chi connectivity index (χ4v) is 12.0. The van der Waals surface area contributed by atoms with Crippen LogP contribution in [0.25, 0.3) is 66.1 Å². The summed E-state index contributed by atoms with van der Waals surface area (Å²) in [6.45, 7) is 0. The molecule has 3 aliphatic carbocycles. The lowest BCUT2D eigenvalue weighted by Gasteiger charge is -2.40. The highest BCUT2D eigenvalue weighted by Gasteiger charge is 2.53. The minimum Gasteiger partial charge on any atom is -0.456 e. The van der Waals surface area contributed by atoms with E-state index in [0.717, 1.165) is 16.9 Å². The van der Waals surface area contributed by atoms with E-state index >= 15 is 0 Å². The molecule has 4 aliphatic rings. The van der Waals surface area contributed by atoms with Gasteiger partial charge in [0.25, 0.3) is 0 Å². The summed E-state index contributed by atoms with van der Waals surface area (Å²) in [7, 11) is 0. The van der Waals surface area contributed by atoms with Gasteiger partial charge < -0.3 is 4.74 Å². The molecular weight excluding hydrogens is 713 g/mol. The predicted octanol–water partition coefficient (Wildman–Crippen LogP) is 14.5. The van der Waals surface area contributed by atoms with Gasteiger partial charge >= 0.3 is 0 Å². The zero-order valence-corrected chi connectivity index (χ0v) is 32.0. The smallest absolute Gasteiger partial charge is 0.140 e. The SMILES string of the molecule is c1ccc2c(c1)Oc1c(cc(-c3ccc4c(c3)C3(c5ccccc5-c5ccccc53)c3ccc5ccccc5c3-4)c3ccccc13)C21c2ccccc2-c2ccccc21. The van der Waals surface area contributed by atoms with Gasteiger partial charge in [0, 0.05) is 16.5 Å². The molecule has 1 aliphatic heterocycles. The standard InChI is InChI=1S/C58H34O/c1-2-16-37-35(15-1)30-32-51-55(37)44-31-29-36(33-52(44)58(51)48-25-11-7-20-41(48)42-21-8-12-26-49(42)58)45-34-53-56(43-22-4-3-17-38(43)45)59-54-28-14-13-27-50(54)57(53)46-23-9-5-18-39(46)40-19-6-10-24-47(40)57/h1-34H. The average molecular weight is 747 g/mol. The number of benzene rings is 10. The summed E-state index contributed by atoms with van der Waals surface area (Å²) in [5, 5.41) is 4.87. The molecule has 0 radical (unpaired) electrons. The predicted molar refractivity (Wildman–Crippen MR) is 241 cm³/mol. The molecular formula is C58H34O. The fourth-order valence-electron chi connectivity index (χ4n) is 12.0. The molecule has 0 saturated heterocycles. The zero-order valence-electron chi connectivity index (χ0n) is 32.0. The van der Waals surface area contributed by atoms with E-state index in [1.807, 2.05) is 0 Å². The van der Waals surface area contributed by atoms with Gasteiger partial charge in [-0.3, -0.25) is 0 Å². The molecule has 0 unspecified atom stereocenters. The largest absolute Gasteiger partial charge is 0.456 e. The number of fused-ring (bicyclic) bond motifs is 23. The van der Waals surface area contributed by atoms with Gasteiger partial charge in [-0.25, -0.2) is 0 Å². The normalized spacial score (nSPS) is 14.8. The maximum Gasteiger partial charge on any atom is 0.140 e. The third kappa shape index (κ3) is 3.69. The second-order valence-electron chi connectivity index (χ2n) is 16.6. The summed E-state index contributed by atoms with van der Waals surface area (Å²) in [6, 6.07) is 77.2. The van der Waals surface area contributed by atoms with Gasteiger partial charge in [-0.15, -0.1) is 0 Å². The summed E-state index contributed by atoms with van der Waals surface area (Å²) >= 11 is 0. The molecule has 10 aromatic carbocycles. The lowest BCUT2D eigenvalue weighted by molar-refractivity contribution is 0.442. The average Bonchev–Trinajstić information content (AvgIpc) is 3.89. The maximum absolute atomic E-state index is 7.11. The first-order chi connectivity index (χ1) is 29.3. The van der Waals surface area contributed by atoms with Crippen molar-refractivity contribution < 1.29 is 4.74 Å². The van der Waals surface area contributed by atoms with Crippen LogP contribution in [0.4, 0.5) is 0 Å². The lowest BCUT2D eigenvalue weighted by atomic mass is 9.65. The molecule has 2 spiro atoms. The third-order valence-electron chi connectivity index (χ3n) is 14.1. The zero-order chi connectivity index (χ0) is 38.5. The monoisotopic (exact) mass is 746 g/mol. The van der Waals surface area contributed by atoms with Gasteiger partial charge in [-0.1, -0.05) is 188 Å². The number of hydrogen-bond donors (Lipinski definition) is 0. The van der Waals surface area contributed by atoms with Crippen LogP contribution in [0.1, 0.15) is 44.5 Å². The highest BCUT2D eigenvalue weighted by Crippen LogP contribution is 2.66. The molecule has 1 heteroatoms. The van der Waals surface area contributed by atoms with E-state index in [9.17, 15) is 0 Å². The molecule has 0 saturated carbocycles. The van der Waals surface area contributed by atoms with E-state index in [0.29, 0.717) is 0 Å². The van der Waals surface area contributed by atoms with Crippen LogP contribution in [0.5, 0.6) is 11.5 Å². The van der Waals surface area contributed by atoms with Crippen LogP contribution >= 0.6 is 0 Å². The Hall–Kier alpha value is -7.48. The van der Waals surface area contributed by atoms with E-state index in [1.54, 1.807) is 0 Å². The molecule has 0 N–H and O–H groups in total. The van der Waals surface area contributed by atoms with E-state index < -0.39 is 10.8 Å². The molecule has 1 heterocycles. The Bertz CT molecular complexity index is 3400.